The molecule has 28 heavy (non-hydrogen) atoms. The number of hydrogen-bond donors (Lipinski definition) is 1. The Morgan fingerprint density at radius 2 is 1.64 bits per heavy atom. The summed E-state index contributed by atoms with van der Waals surface area (Å²) in [5, 5.41) is 2.87. The van der Waals surface area contributed by atoms with E-state index in [-0.39, 0.29) is 35.0 Å². The van der Waals surface area contributed by atoms with Crippen LogP contribution < -0.4 is 5.32 Å². The van der Waals surface area contributed by atoms with Crippen LogP contribution in [0.3, 0.4) is 0 Å². The normalized spacial score (nSPS) is 14.6. The number of benzene rings is 1. The van der Waals surface area contributed by atoms with Gasteiger partial charge in [0.2, 0.25) is 29.0 Å². The second-order valence-electron chi connectivity index (χ2n) is 7.05. The molecule has 0 heterocycles. The fourth-order valence-electron chi connectivity index (χ4n) is 3.16. The fourth-order valence-corrected chi connectivity index (χ4v) is 3.16. The van der Waals surface area contributed by atoms with Gasteiger partial charge in [0.25, 0.3) is 0 Å². The molecule has 6 nitrogen and oxygen atoms in total. The summed E-state index contributed by atoms with van der Waals surface area (Å²) in [4.78, 5) is 37.1. The smallest absolute Gasteiger partial charge is 0.228 e. The molecule has 0 aliphatic heterocycles. The van der Waals surface area contributed by atoms with Gasteiger partial charge in [-0.1, -0.05) is 24.3 Å². The fraction of sp³-hybridized carbons (Fsp3) is 0.409. The Morgan fingerprint density at radius 1 is 1.04 bits per heavy atom. The number of ether oxygens (including phenoxy) is 2. The van der Waals surface area contributed by atoms with Crippen LogP contribution in [0.4, 0.5) is 0 Å². The number of ketones is 2. The Kier molecular flexibility index (Phi) is 7.15. The van der Waals surface area contributed by atoms with Gasteiger partial charge in [0.05, 0.1) is 14.2 Å². The summed E-state index contributed by atoms with van der Waals surface area (Å²) in [6.07, 6.45) is 1.31. The number of rotatable bonds is 8. The third-order valence-electron chi connectivity index (χ3n) is 4.56. The van der Waals surface area contributed by atoms with Gasteiger partial charge in [-0.05, 0) is 38.3 Å². The first-order valence-electron chi connectivity index (χ1n) is 9.27. The Hall–Kier alpha value is -2.89. The first-order valence-corrected chi connectivity index (χ1v) is 9.27. The molecule has 0 aromatic heterocycles. The number of amides is 1. The van der Waals surface area contributed by atoms with Crippen LogP contribution >= 0.6 is 0 Å². The van der Waals surface area contributed by atoms with Crippen molar-refractivity contribution in [3.8, 4) is 0 Å². The quantitative estimate of drug-likeness (QED) is 0.696. The average Bonchev–Trinajstić information content (AvgIpc) is 2.66. The molecule has 0 bridgehead atoms. The van der Waals surface area contributed by atoms with E-state index in [1.54, 1.807) is 6.92 Å². The SMILES string of the molecule is COC1=C(OC)C(=O)C(Cc2cccc(CCC(=O)NC(C)C)c2)=C(C)C1=O. The monoisotopic (exact) mass is 385 g/mol. The van der Waals surface area contributed by atoms with Crippen molar-refractivity contribution in [2.24, 2.45) is 0 Å². The summed E-state index contributed by atoms with van der Waals surface area (Å²) < 4.78 is 10.2. The van der Waals surface area contributed by atoms with Crippen molar-refractivity contribution in [3.63, 3.8) is 0 Å². The second-order valence-corrected chi connectivity index (χ2v) is 7.05. The van der Waals surface area contributed by atoms with Crippen molar-refractivity contribution in [1.29, 1.82) is 0 Å². The van der Waals surface area contributed by atoms with Gasteiger partial charge >= 0.3 is 0 Å². The second kappa shape index (κ2) is 9.35. The van der Waals surface area contributed by atoms with Crippen molar-refractivity contribution in [2.45, 2.75) is 46.1 Å². The van der Waals surface area contributed by atoms with Gasteiger partial charge in [-0.25, -0.2) is 0 Å². The Bertz CT molecular complexity index is 848. The van der Waals surface area contributed by atoms with Gasteiger partial charge in [0, 0.05) is 30.0 Å². The maximum Gasteiger partial charge on any atom is 0.228 e. The number of Topliss-reactive ketones (excluding diaryl/α,β-unsaturated/α-hetero) is 2. The number of hydrogen-bond acceptors (Lipinski definition) is 5. The van der Waals surface area contributed by atoms with Crippen LogP contribution in [-0.4, -0.2) is 37.7 Å². The predicted octanol–water partition coefficient (Wildman–Crippen LogP) is 2.66. The van der Waals surface area contributed by atoms with Crippen molar-refractivity contribution in [1.82, 2.24) is 5.32 Å². The van der Waals surface area contributed by atoms with E-state index in [1.165, 1.54) is 14.2 Å². The lowest BCUT2D eigenvalue weighted by Gasteiger charge is -2.20. The Morgan fingerprint density at radius 3 is 2.25 bits per heavy atom. The summed E-state index contributed by atoms with van der Waals surface area (Å²) in [6, 6.07) is 7.82. The Labute approximate surface area is 165 Å². The lowest BCUT2D eigenvalue weighted by Crippen LogP contribution is -2.30. The van der Waals surface area contributed by atoms with Crippen molar-refractivity contribution in [2.75, 3.05) is 14.2 Å². The number of carbonyl (C=O) groups is 3. The minimum absolute atomic E-state index is 0.00831. The molecule has 0 unspecified atom stereocenters. The summed E-state index contributed by atoms with van der Waals surface area (Å²) in [7, 11) is 2.69. The molecule has 1 aliphatic carbocycles. The largest absolute Gasteiger partial charge is 0.489 e. The Balaban J connectivity index is 2.17. The van der Waals surface area contributed by atoms with Gasteiger partial charge in [0.1, 0.15) is 0 Å². The molecule has 0 atom stereocenters. The standard InChI is InChI=1S/C22H27NO5/c1-13(2)23-18(24)10-9-15-7-6-8-16(11-15)12-17-14(3)19(25)21(27-4)22(28-5)20(17)26/h6-8,11,13H,9-10,12H2,1-5H3,(H,23,24). The van der Waals surface area contributed by atoms with E-state index >= 15 is 0 Å². The highest BCUT2D eigenvalue weighted by Crippen LogP contribution is 2.28. The first-order chi connectivity index (χ1) is 13.3. The molecule has 2 rings (SSSR count). The zero-order valence-corrected chi connectivity index (χ0v) is 17.0. The molecule has 0 saturated heterocycles. The van der Waals surface area contributed by atoms with Gasteiger partial charge in [-0.2, -0.15) is 0 Å². The van der Waals surface area contributed by atoms with Gasteiger partial charge in [-0.15, -0.1) is 0 Å². The highest BCUT2D eigenvalue weighted by Gasteiger charge is 2.34. The minimum atomic E-state index is -0.338. The lowest BCUT2D eigenvalue weighted by atomic mass is 9.88. The molecule has 1 amide bonds. The lowest BCUT2D eigenvalue weighted by molar-refractivity contribution is -0.121. The number of nitrogens with one attached hydrogen (secondary N) is 1. The van der Waals surface area contributed by atoms with E-state index in [0.29, 0.717) is 30.4 Å². The van der Waals surface area contributed by atoms with Gasteiger partial charge < -0.3 is 14.8 Å². The molecular formula is C22H27NO5. The van der Waals surface area contributed by atoms with Crippen molar-refractivity contribution < 1.29 is 23.9 Å². The molecular weight excluding hydrogens is 358 g/mol. The molecule has 150 valence electrons. The van der Waals surface area contributed by atoms with E-state index in [2.05, 4.69) is 5.32 Å². The topological polar surface area (TPSA) is 81.7 Å². The van der Waals surface area contributed by atoms with Crippen LogP contribution in [0, 0.1) is 0 Å². The van der Waals surface area contributed by atoms with Gasteiger partial charge in [-0.3, -0.25) is 14.4 Å². The van der Waals surface area contributed by atoms with Crippen LogP contribution in [-0.2, 0) is 36.7 Å². The van der Waals surface area contributed by atoms with E-state index in [9.17, 15) is 14.4 Å². The highest BCUT2D eigenvalue weighted by molar-refractivity contribution is 6.23. The summed E-state index contributed by atoms with van der Waals surface area (Å²) in [6.45, 7) is 5.48. The van der Waals surface area contributed by atoms with Crippen LogP contribution in [0.15, 0.2) is 46.9 Å². The third kappa shape index (κ3) is 4.88. The molecule has 6 heteroatoms. The molecule has 1 aliphatic rings. The maximum atomic E-state index is 12.8. The average molecular weight is 385 g/mol. The van der Waals surface area contributed by atoms with E-state index in [0.717, 1.165) is 11.1 Å². The number of allylic oxidation sites excluding steroid dienone is 2. The number of carbonyl (C=O) groups excluding carboxylic acids is 3. The highest BCUT2D eigenvalue weighted by atomic mass is 16.5. The zero-order chi connectivity index (χ0) is 20.8. The van der Waals surface area contributed by atoms with Crippen LogP contribution in [0.5, 0.6) is 0 Å². The third-order valence-corrected chi connectivity index (χ3v) is 4.56. The zero-order valence-electron chi connectivity index (χ0n) is 17.0. The van der Waals surface area contributed by atoms with E-state index in [1.807, 2.05) is 38.1 Å². The van der Waals surface area contributed by atoms with Crippen LogP contribution in [0.1, 0.15) is 38.3 Å². The van der Waals surface area contributed by atoms with Gasteiger partial charge in [0.15, 0.2) is 0 Å². The molecule has 0 saturated carbocycles. The summed E-state index contributed by atoms with van der Waals surface area (Å²) in [5.74, 6) is -0.782. The molecule has 0 radical (unpaired) electrons. The molecule has 1 aromatic carbocycles. The van der Waals surface area contributed by atoms with Crippen LogP contribution in [0.25, 0.3) is 0 Å². The summed E-state index contributed by atoms with van der Waals surface area (Å²) >= 11 is 0. The molecule has 1 N–H and O–H groups in total. The maximum absolute atomic E-state index is 12.8. The van der Waals surface area contributed by atoms with E-state index < -0.39 is 0 Å². The summed E-state index contributed by atoms with van der Waals surface area (Å²) in [5.41, 5.74) is 2.67. The minimum Gasteiger partial charge on any atom is -0.489 e. The molecule has 1 aromatic rings. The van der Waals surface area contributed by atoms with E-state index in [4.69, 9.17) is 9.47 Å². The predicted molar refractivity (Wildman–Crippen MR) is 106 cm³/mol. The molecule has 0 fully saturated rings. The molecule has 0 spiro atoms. The van der Waals surface area contributed by atoms with Crippen molar-refractivity contribution >= 4 is 17.5 Å². The van der Waals surface area contributed by atoms with Crippen LogP contribution in [0.2, 0.25) is 0 Å². The number of methoxy groups -OCH3 is 2. The number of aryl methyl sites for hydroxylation is 1. The first kappa shape index (κ1) is 21.4. The van der Waals surface area contributed by atoms with Crippen molar-refractivity contribution in [3.05, 3.63) is 58.1 Å².